The molecule has 0 bridgehead atoms. The van der Waals surface area contributed by atoms with Gasteiger partial charge in [-0.15, -0.1) is 0 Å². The Bertz CT molecular complexity index is 488. The Balaban J connectivity index is 2.50. The molecule has 1 aliphatic heterocycles. The first kappa shape index (κ1) is 20.8. The van der Waals surface area contributed by atoms with Crippen LogP contribution in [0.2, 0.25) is 0 Å². The van der Waals surface area contributed by atoms with E-state index in [4.69, 9.17) is 4.74 Å². The van der Waals surface area contributed by atoms with E-state index in [-0.39, 0.29) is 17.8 Å². The summed E-state index contributed by atoms with van der Waals surface area (Å²) in [6, 6.07) is 0. The second-order valence-electron chi connectivity index (χ2n) is 7.36. The maximum absolute atomic E-state index is 12.4. The lowest BCUT2D eigenvalue weighted by Gasteiger charge is -2.27. The highest BCUT2D eigenvalue weighted by molar-refractivity contribution is 5.87. The third kappa shape index (κ3) is 6.70. The smallest absolute Gasteiger partial charge is 0.164 e. The summed E-state index contributed by atoms with van der Waals surface area (Å²) in [6.07, 6.45) is 8.02. The van der Waals surface area contributed by atoms with Crippen molar-refractivity contribution in [1.29, 1.82) is 0 Å². The Kier molecular flexibility index (Phi) is 8.57. The summed E-state index contributed by atoms with van der Waals surface area (Å²) in [5.41, 5.74) is 1.32. The number of allylic oxidation sites excluding steroid dienone is 2. The van der Waals surface area contributed by atoms with E-state index in [0.29, 0.717) is 32.3 Å². The summed E-state index contributed by atoms with van der Waals surface area (Å²) in [4.78, 5) is 23.0. The van der Waals surface area contributed by atoms with Crippen LogP contribution in [-0.2, 0) is 14.3 Å². The van der Waals surface area contributed by atoms with Crippen molar-refractivity contribution in [1.82, 2.24) is 0 Å². The molecular weight excluding hydrogens is 304 g/mol. The standard InChI is InChI=1S/C20H32O4/c1-15(2)7-9-18(22)16(3)6-5-12-20(4)19(23)10-8-17(11-13-21)14-24-20/h7,11,13,16,18,22H,5-6,8-10,12,14H2,1-4H3/t16?,18?,20-/m0/s1. The van der Waals surface area contributed by atoms with Crippen molar-refractivity contribution in [3.05, 3.63) is 23.3 Å². The van der Waals surface area contributed by atoms with Crippen LogP contribution in [0.4, 0.5) is 0 Å². The van der Waals surface area contributed by atoms with Gasteiger partial charge in [0.1, 0.15) is 11.9 Å². The zero-order chi connectivity index (χ0) is 18.2. The van der Waals surface area contributed by atoms with Gasteiger partial charge in [0.15, 0.2) is 5.78 Å². The van der Waals surface area contributed by atoms with Crippen molar-refractivity contribution in [2.24, 2.45) is 5.92 Å². The fraction of sp³-hybridized carbons (Fsp3) is 0.700. The topological polar surface area (TPSA) is 63.6 Å². The minimum Gasteiger partial charge on any atom is -0.393 e. The molecule has 0 radical (unpaired) electrons. The molecule has 0 amide bonds. The maximum Gasteiger partial charge on any atom is 0.164 e. The van der Waals surface area contributed by atoms with Gasteiger partial charge in [0.2, 0.25) is 0 Å². The number of carbonyl (C=O) groups excluding carboxylic acids is 2. The lowest BCUT2D eigenvalue weighted by molar-refractivity contribution is -0.140. The maximum atomic E-state index is 12.4. The van der Waals surface area contributed by atoms with E-state index in [0.717, 1.165) is 24.7 Å². The first-order valence-corrected chi connectivity index (χ1v) is 8.90. The quantitative estimate of drug-likeness (QED) is 0.416. The minimum absolute atomic E-state index is 0.106. The number of ketones is 1. The first-order valence-electron chi connectivity index (χ1n) is 8.90. The SMILES string of the molecule is CC(C)=CCC(O)C(C)CCC[C@]1(C)OCC(=CC=O)CCC1=O. The van der Waals surface area contributed by atoms with Gasteiger partial charge in [0, 0.05) is 6.42 Å². The molecule has 1 saturated heterocycles. The van der Waals surface area contributed by atoms with Crippen molar-refractivity contribution >= 4 is 12.1 Å². The molecule has 136 valence electrons. The van der Waals surface area contributed by atoms with Gasteiger partial charge in [-0.3, -0.25) is 9.59 Å². The fourth-order valence-corrected chi connectivity index (χ4v) is 2.92. The van der Waals surface area contributed by atoms with Crippen LogP contribution in [0.15, 0.2) is 23.3 Å². The van der Waals surface area contributed by atoms with Crippen molar-refractivity contribution in [3.8, 4) is 0 Å². The first-order chi connectivity index (χ1) is 11.3. The van der Waals surface area contributed by atoms with E-state index in [9.17, 15) is 14.7 Å². The normalized spacial score (nSPS) is 25.9. The Hall–Kier alpha value is -1.26. The van der Waals surface area contributed by atoms with Crippen molar-refractivity contribution in [2.45, 2.75) is 77.9 Å². The van der Waals surface area contributed by atoms with Gasteiger partial charge in [0.25, 0.3) is 0 Å². The van der Waals surface area contributed by atoms with Crippen LogP contribution in [-0.4, -0.2) is 35.5 Å². The number of carbonyl (C=O) groups is 2. The predicted molar refractivity (Wildman–Crippen MR) is 95.8 cm³/mol. The van der Waals surface area contributed by atoms with Gasteiger partial charge >= 0.3 is 0 Å². The highest BCUT2D eigenvalue weighted by Gasteiger charge is 2.35. The lowest BCUT2D eigenvalue weighted by atomic mass is 9.88. The highest BCUT2D eigenvalue weighted by atomic mass is 16.5. The molecule has 0 saturated carbocycles. The summed E-state index contributed by atoms with van der Waals surface area (Å²) >= 11 is 0. The molecule has 0 spiro atoms. The van der Waals surface area contributed by atoms with E-state index < -0.39 is 5.60 Å². The molecule has 1 heterocycles. The van der Waals surface area contributed by atoms with Gasteiger partial charge < -0.3 is 9.84 Å². The van der Waals surface area contributed by atoms with Crippen LogP contribution in [0.3, 0.4) is 0 Å². The number of hydrogen-bond acceptors (Lipinski definition) is 4. The Morgan fingerprint density at radius 2 is 2.08 bits per heavy atom. The average Bonchev–Trinajstić information content (AvgIpc) is 2.66. The van der Waals surface area contributed by atoms with Crippen LogP contribution in [0.5, 0.6) is 0 Å². The Labute approximate surface area is 146 Å². The molecule has 0 aromatic heterocycles. The van der Waals surface area contributed by atoms with Crippen LogP contribution in [0.25, 0.3) is 0 Å². The molecule has 1 aliphatic rings. The molecule has 4 heteroatoms. The van der Waals surface area contributed by atoms with Crippen molar-refractivity contribution in [3.63, 3.8) is 0 Å². The summed E-state index contributed by atoms with van der Waals surface area (Å²) in [7, 11) is 0. The number of aliphatic hydroxyl groups excluding tert-OH is 1. The van der Waals surface area contributed by atoms with Crippen molar-refractivity contribution < 1.29 is 19.4 Å². The minimum atomic E-state index is -0.775. The molecule has 0 aromatic rings. The molecule has 1 N–H and O–H groups in total. The Morgan fingerprint density at radius 3 is 2.71 bits per heavy atom. The molecule has 4 nitrogen and oxygen atoms in total. The largest absolute Gasteiger partial charge is 0.393 e. The molecule has 24 heavy (non-hydrogen) atoms. The van der Waals surface area contributed by atoms with Crippen molar-refractivity contribution in [2.75, 3.05) is 6.61 Å². The third-order valence-electron chi connectivity index (χ3n) is 4.88. The third-order valence-corrected chi connectivity index (χ3v) is 4.88. The Morgan fingerprint density at radius 1 is 1.38 bits per heavy atom. The van der Waals surface area contributed by atoms with Crippen LogP contribution < -0.4 is 0 Å². The molecule has 2 unspecified atom stereocenters. The number of rotatable bonds is 8. The number of Topliss-reactive ketones (excluding diaryl/α,β-unsaturated/α-hetero) is 1. The van der Waals surface area contributed by atoms with Crippen LogP contribution in [0, 0.1) is 5.92 Å². The number of ether oxygens (including phenoxy) is 1. The number of aliphatic hydroxyl groups is 1. The summed E-state index contributed by atoms with van der Waals surface area (Å²) in [6.45, 7) is 8.30. The van der Waals surface area contributed by atoms with Gasteiger partial charge in [0.05, 0.1) is 12.7 Å². The zero-order valence-corrected chi connectivity index (χ0v) is 15.5. The molecule has 3 atom stereocenters. The van der Waals surface area contributed by atoms with Gasteiger partial charge in [-0.05, 0) is 70.4 Å². The monoisotopic (exact) mass is 336 g/mol. The molecule has 0 aliphatic carbocycles. The molecular formula is C20H32O4. The fourth-order valence-electron chi connectivity index (χ4n) is 2.92. The molecule has 1 fully saturated rings. The van der Waals surface area contributed by atoms with E-state index >= 15 is 0 Å². The predicted octanol–water partition coefficient (Wildman–Crippen LogP) is 3.77. The van der Waals surface area contributed by atoms with Gasteiger partial charge in [-0.1, -0.05) is 18.6 Å². The van der Waals surface area contributed by atoms with E-state index in [1.807, 2.05) is 27.7 Å². The summed E-state index contributed by atoms with van der Waals surface area (Å²) < 4.78 is 5.84. The van der Waals surface area contributed by atoms with Crippen LogP contribution >= 0.6 is 0 Å². The second kappa shape index (κ2) is 9.90. The van der Waals surface area contributed by atoms with Gasteiger partial charge in [-0.25, -0.2) is 0 Å². The van der Waals surface area contributed by atoms with Gasteiger partial charge in [-0.2, -0.15) is 0 Å². The lowest BCUT2D eigenvalue weighted by Crippen LogP contribution is -2.37. The zero-order valence-electron chi connectivity index (χ0n) is 15.5. The number of aldehydes is 1. The van der Waals surface area contributed by atoms with E-state index in [1.165, 1.54) is 11.6 Å². The summed E-state index contributed by atoms with van der Waals surface area (Å²) in [5, 5.41) is 10.2. The summed E-state index contributed by atoms with van der Waals surface area (Å²) in [5.74, 6) is 0.296. The highest BCUT2D eigenvalue weighted by Crippen LogP contribution is 2.29. The second-order valence-corrected chi connectivity index (χ2v) is 7.36. The van der Waals surface area contributed by atoms with E-state index in [2.05, 4.69) is 6.08 Å². The van der Waals surface area contributed by atoms with Crippen LogP contribution in [0.1, 0.15) is 66.2 Å². The van der Waals surface area contributed by atoms with E-state index in [1.54, 1.807) is 0 Å². The number of hydrogen-bond donors (Lipinski definition) is 1. The molecule has 0 aromatic carbocycles. The molecule has 1 rings (SSSR count). The average molecular weight is 336 g/mol.